The number of benzene rings is 2. The van der Waals surface area contributed by atoms with E-state index in [1.165, 1.54) is 12.1 Å². The first kappa shape index (κ1) is 10.4. The summed E-state index contributed by atoms with van der Waals surface area (Å²) in [5, 5.41) is 0. The summed E-state index contributed by atoms with van der Waals surface area (Å²) >= 11 is 0. The molecule has 0 unspecified atom stereocenters. The van der Waals surface area contributed by atoms with E-state index in [0.717, 1.165) is 22.3 Å². The Balaban J connectivity index is 2.49. The van der Waals surface area contributed by atoms with Crippen LogP contribution in [0.15, 0.2) is 42.5 Å². The van der Waals surface area contributed by atoms with Crippen molar-refractivity contribution in [1.29, 1.82) is 0 Å². The predicted octanol–water partition coefficient (Wildman–Crippen LogP) is 3.78. The summed E-state index contributed by atoms with van der Waals surface area (Å²) in [4.78, 5) is 0. The Hall–Kier alpha value is -2.07. The monoisotopic (exact) mass is 210 g/mol. The second-order valence-corrected chi connectivity index (χ2v) is 3.68. The molecule has 0 aromatic heterocycles. The van der Waals surface area contributed by atoms with Crippen LogP contribution in [0.25, 0.3) is 11.1 Å². The third-order valence-corrected chi connectivity index (χ3v) is 2.55. The number of rotatable bonds is 1. The summed E-state index contributed by atoms with van der Waals surface area (Å²) in [6.45, 7) is 2.00. The lowest BCUT2D eigenvalue weighted by Gasteiger charge is -2.06. The molecule has 2 aromatic carbocycles. The van der Waals surface area contributed by atoms with E-state index in [0.29, 0.717) is 0 Å². The van der Waals surface area contributed by atoms with Gasteiger partial charge in [0.1, 0.15) is 5.82 Å². The highest BCUT2D eigenvalue weighted by Gasteiger charge is 2.02. The molecule has 0 saturated heterocycles. The van der Waals surface area contributed by atoms with Crippen LogP contribution >= 0.6 is 0 Å². The molecule has 0 aliphatic heterocycles. The zero-order valence-corrected chi connectivity index (χ0v) is 9.00. The summed E-state index contributed by atoms with van der Waals surface area (Å²) < 4.78 is 12.8. The molecule has 2 aromatic rings. The van der Waals surface area contributed by atoms with E-state index in [1.54, 1.807) is 12.1 Å². The standard InChI is InChI=1S/C15H11F/c1-3-12-4-9-15(11(2)10-12)13-5-7-14(16)8-6-13/h1,4-10H,2H3. The van der Waals surface area contributed by atoms with Crippen LogP contribution in [0.5, 0.6) is 0 Å². The first-order valence-corrected chi connectivity index (χ1v) is 5.04. The molecule has 0 heterocycles. The average molecular weight is 210 g/mol. The largest absolute Gasteiger partial charge is 0.207 e. The molecule has 0 radical (unpaired) electrons. The fraction of sp³-hybridized carbons (Fsp3) is 0.0667. The van der Waals surface area contributed by atoms with Crippen LogP contribution in [-0.2, 0) is 0 Å². The lowest BCUT2D eigenvalue weighted by molar-refractivity contribution is 0.628. The van der Waals surface area contributed by atoms with Gasteiger partial charge in [-0.25, -0.2) is 4.39 Å². The SMILES string of the molecule is C#Cc1ccc(-c2ccc(F)cc2)c(C)c1. The van der Waals surface area contributed by atoms with Crippen molar-refractivity contribution in [2.24, 2.45) is 0 Å². The molecule has 0 aliphatic rings. The Bertz CT molecular complexity index is 545. The minimum absolute atomic E-state index is 0.221. The highest BCUT2D eigenvalue weighted by molar-refractivity contribution is 5.68. The normalized spacial score (nSPS) is 9.81. The van der Waals surface area contributed by atoms with Crippen LogP contribution in [0.4, 0.5) is 4.39 Å². The second-order valence-electron chi connectivity index (χ2n) is 3.68. The van der Waals surface area contributed by atoms with Crippen molar-refractivity contribution in [3.8, 4) is 23.5 Å². The molecule has 0 nitrogen and oxygen atoms in total. The molecule has 0 saturated carbocycles. The maximum Gasteiger partial charge on any atom is 0.123 e. The number of hydrogen-bond acceptors (Lipinski definition) is 0. The number of hydrogen-bond donors (Lipinski definition) is 0. The Labute approximate surface area is 94.7 Å². The lowest BCUT2D eigenvalue weighted by Crippen LogP contribution is -1.85. The average Bonchev–Trinajstić information content (AvgIpc) is 2.30. The van der Waals surface area contributed by atoms with E-state index in [2.05, 4.69) is 5.92 Å². The van der Waals surface area contributed by atoms with Crippen LogP contribution in [0, 0.1) is 25.1 Å². The van der Waals surface area contributed by atoms with Gasteiger partial charge in [-0.1, -0.05) is 24.1 Å². The second kappa shape index (κ2) is 4.20. The van der Waals surface area contributed by atoms with E-state index in [1.807, 2.05) is 25.1 Å². The van der Waals surface area contributed by atoms with Crippen molar-refractivity contribution in [3.05, 3.63) is 59.4 Å². The molecular weight excluding hydrogens is 199 g/mol. The van der Waals surface area contributed by atoms with Crippen molar-refractivity contribution < 1.29 is 4.39 Å². The molecule has 0 atom stereocenters. The van der Waals surface area contributed by atoms with Crippen LogP contribution in [0.2, 0.25) is 0 Å². The molecule has 0 N–H and O–H groups in total. The van der Waals surface area contributed by atoms with Gasteiger partial charge in [-0.2, -0.15) is 0 Å². The van der Waals surface area contributed by atoms with Gasteiger partial charge in [-0.15, -0.1) is 6.42 Å². The molecule has 0 spiro atoms. The van der Waals surface area contributed by atoms with Gasteiger partial charge in [-0.05, 0) is 47.9 Å². The third-order valence-electron chi connectivity index (χ3n) is 2.55. The molecule has 0 aliphatic carbocycles. The Morgan fingerprint density at radius 2 is 1.75 bits per heavy atom. The Morgan fingerprint density at radius 3 is 2.31 bits per heavy atom. The first-order valence-electron chi connectivity index (χ1n) is 5.04. The van der Waals surface area contributed by atoms with Crippen LogP contribution in [-0.4, -0.2) is 0 Å². The maximum atomic E-state index is 12.8. The van der Waals surface area contributed by atoms with Gasteiger partial charge in [0.25, 0.3) is 0 Å². The summed E-state index contributed by atoms with van der Waals surface area (Å²) in [6, 6.07) is 12.3. The molecule has 0 fully saturated rings. The van der Waals surface area contributed by atoms with Gasteiger partial charge < -0.3 is 0 Å². The maximum absolute atomic E-state index is 12.8. The molecule has 2 rings (SSSR count). The molecular formula is C15H11F. The third kappa shape index (κ3) is 1.97. The van der Waals surface area contributed by atoms with Crippen LogP contribution in [0.3, 0.4) is 0 Å². The molecule has 78 valence electrons. The van der Waals surface area contributed by atoms with Crippen molar-refractivity contribution in [2.75, 3.05) is 0 Å². The molecule has 0 bridgehead atoms. The number of terminal acetylenes is 1. The van der Waals surface area contributed by atoms with E-state index in [9.17, 15) is 4.39 Å². The predicted molar refractivity (Wildman–Crippen MR) is 64.5 cm³/mol. The van der Waals surface area contributed by atoms with Crippen molar-refractivity contribution in [3.63, 3.8) is 0 Å². The van der Waals surface area contributed by atoms with E-state index < -0.39 is 0 Å². The smallest absolute Gasteiger partial charge is 0.123 e. The topological polar surface area (TPSA) is 0 Å². The number of halogens is 1. The minimum Gasteiger partial charge on any atom is -0.207 e. The first-order chi connectivity index (χ1) is 7.70. The van der Waals surface area contributed by atoms with Gasteiger partial charge in [-0.3, -0.25) is 0 Å². The fourth-order valence-corrected chi connectivity index (χ4v) is 1.71. The zero-order valence-electron chi connectivity index (χ0n) is 9.00. The minimum atomic E-state index is -0.221. The van der Waals surface area contributed by atoms with Crippen molar-refractivity contribution in [1.82, 2.24) is 0 Å². The van der Waals surface area contributed by atoms with Gasteiger partial charge in [0.05, 0.1) is 0 Å². The van der Waals surface area contributed by atoms with Crippen LogP contribution in [0.1, 0.15) is 11.1 Å². The highest BCUT2D eigenvalue weighted by Crippen LogP contribution is 2.24. The van der Waals surface area contributed by atoms with Crippen LogP contribution < -0.4 is 0 Å². The van der Waals surface area contributed by atoms with Crippen molar-refractivity contribution >= 4 is 0 Å². The van der Waals surface area contributed by atoms with Gasteiger partial charge in [0, 0.05) is 5.56 Å². The zero-order chi connectivity index (χ0) is 11.5. The fourth-order valence-electron chi connectivity index (χ4n) is 1.71. The summed E-state index contributed by atoms with van der Waals surface area (Å²) in [5.41, 5.74) is 4.05. The van der Waals surface area contributed by atoms with Gasteiger partial charge >= 0.3 is 0 Å². The van der Waals surface area contributed by atoms with Gasteiger partial charge in [0.2, 0.25) is 0 Å². The van der Waals surface area contributed by atoms with E-state index >= 15 is 0 Å². The van der Waals surface area contributed by atoms with Gasteiger partial charge in [0.15, 0.2) is 0 Å². The summed E-state index contributed by atoms with van der Waals surface area (Å²) in [5.74, 6) is 2.37. The van der Waals surface area contributed by atoms with Crippen molar-refractivity contribution in [2.45, 2.75) is 6.92 Å². The molecule has 1 heteroatoms. The summed E-state index contributed by atoms with van der Waals surface area (Å²) in [6.07, 6.45) is 5.33. The van der Waals surface area contributed by atoms with E-state index in [4.69, 9.17) is 6.42 Å². The lowest BCUT2D eigenvalue weighted by atomic mass is 9.99. The van der Waals surface area contributed by atoms with E-state index in [-0.39, 0.29) is 5.82 Å². The highest BCUT2D eigenvalue weighted by atomic mass is 19.1. The molecule has 0 amide bonds. The quantitative estimate of drug-likeness (QED) is 0.628. The Kier molecular flexibility index (Phi) is 2.74. The molecule has 16 heavy (non-hydrogen) atoms. The Morgan fingerprint density at radius 1 is 1.06 bits per heavy atom. The summed E-state index contributed by atoms with van der Waals surface area (Å²) in [7, 11) is 0. The number of aryl methyl sites for hydroxylation is 1.